The first-order valence-electron chi connectivity index (χ1n) is 7.96. The Labute approximate surface area is 130 Å². The average Bonchev–Trinajstić information content (AvgIpc) is 2.97. The first kappa shape index (κ1) is 14.8. The third-order valence-electron chi connectivity index (χ3n) is 4.13. The van der Waals surface area contributed by atoms with Crippen molar-refractivity contribution in [1.82, 2.24) is 19.9 Å². The normalized spacial score (nSPS) is 16.4. The van der Waals surface area contributed by atoms with Crippen molar-refractivity contribution in [3.05, 3.63) is 18.6 Å². The van der Waals surface area contributed by atoms with Gasteiger partial charge in [0.05, 0.1) is 5.39 Å². The Morgan fingerprint density at radius 3 is 2.91 bits per heavy atom. The number of carbonyl (C=O) groups is 1. The van der Waals surface area contributed by atoms with Crippen molar-refractivity contribution in [2.75, 3.05) is 18.4 Å². The molecule has 22 heavy (non-hydrogen) atoms. The zero-order valence-corrected chi connectivity index (χ0v) is 13.2. The highest BCUT2D eigenvalue weighted by atomic mass is 16.2. The number of H-pyrrole nitrogens is 1. The molecule has 3 heterocycles. The summed E-state index contributed by atoms with van der Waals surface area (Å²) in [6.07, 6.45) is 6.01. The lowest BCUT2D eigenvalue weighted by atomic mass is 10.0. The number of nitrogens with zero attached hydrogens (tertiary/aromatic N) is 3. The van der Waals surface area contributed by atoms with Crippen molar-refractivity contribution in [2.45, 2.75) is 39.2 Å². The number of piperidine rings is 1. The average molecular weight is 301 g/mol. The smallest absolute Gasteiger partial charge is 0.222 e. The summed E-state index contributed by atoms with van der Waals surface area (Å²) in [5.74, 6) is 1.58. The quantitative estimate of drug-likeness (QED) is 0.909. The molecule has 6 nitrogen and oxygen atoms in total. The molecule has 118 valence electrons. The van der Waals surface area contributed by atoms with Crippen LogP contribution in [0.2, 0.25) is 0 Å². The van der Waals surface area contributed by atoms with Crippen LogP contribution in [-0.4, -0.2) is 44.9 Å². The maximum absolute atomic E-state index is 12.1. The molecule has 2 N–H and O–H groups in total. The number of aromatic amines is 1. The summed E-state index contributed by atoms with van der Waals surface area (Å²) in [6, 6.07) is 2.34. The van der Waals surface area contributed by atoms with E-state index in [4.69, 9.17) is 0 Å². The van der Waals surface area contributed by atoms with Crippen molar-refractivity contribution in [1.29, 1.82) is 0 Å². The molecule has 2 aromatic rings. The number of amides is 1. The third kappa shape index (κ3) is 3.21. The number of likely N-dealkylation sites (tertiary alicyclic amines) is 1. The molecule has 0 unspecified atom stereocenters. The van der Waals surface area contributed by atoms with E-state index in [1.165, 1.54) is 0 Å². The number of nitrogens with one attached hydrogen (secondary N) is 2. The summed E-state index contributed by atoms with van der Waals surface area (Å²) in [5.41, 5.74) is 0.849. The maximum atomic E-state index is 12.1. The number of rotatable bonds is 4. The molecule has 0 radical (unpaired) electrons. The van der Waals surface area contributed by atoms with Gasteiger partial charge < -0.3 is 15.2 Å². The monoisotopic (exact) mass is 301 g/mol. The van der Waals surface area contributed by atoms with Crippen molar-refractivity contribution >= 4 is 22.8 Å². The van der Waals surface area contributed by atoms with Gasteiger partial charge in [-0.05, 0) is 24.8 Å². The standard InChI is InChI=1S/C16H23N5O/c1-11(2)9-14(22)21-7-4-12(5-8-21)20-16-13-3-6-17-15(13)18-10-19-16/h3,6,10-12H,4-5,7-9H2,1-2H3,(H2,17,18,19,20). The second-order valence-corrected chi connectivity index (χ2v) is 6.36. The van der Waals surface area contributed by atoms with E-state index in [2.05, 4.69) is 34.1 Å². The molecule has 0 atom stereocenters. The van der Waals surface area contributed by atoms with E-state index < -0.39 is 0 Å². The fourth-order valence-electron chi connectivity index (χ4n) is 2.93. The number of aromatic nitrogens is 3. The highest BCUT2D eigenvalue weighted by molar-refractivity contribution is 5.86. The third-order valence-corrected chi connectivity index (χ3v) is 4.13. The molecule has 0 aromatic carbocycles. The summed E-state index contributed by atoms with van der Waals surface area (Å²) in [5, 5.41) is 4.52. The van der Waals surface area contributed by atoms with Gasteiger partial charge in [0, 0.05) is 31.7 Å². The fourth-order valence-corrected chi connectivity index (χ4v) is 2.93. The summed E-state index contributed by atoms with van der Waals surface area (Å²) >= 11 is 0. The first-order valence-corrected chi connectivity index (χ1v) is 7.96. The second kappa shape index (κ2) is 6.34. The molecule has 1 aliphatic heterocycles. The van der Waals surface area contributed by atoms with Gasteiger partial charge in [-0.25, -0.2) is 9.97 Å². The molecule has 0 aliphatic carbocycles. The van der Waals surface area contributed by atoms with E-state index in [-0.39, 0.29) is 5.91 Å². The van der Waals surface area contributed by atoms with Crippen LogP contribution in [0.4, 0.5) is 5.82 Å². The summed E-state index contributed by atoms with van der Waals surface area (Å²) in [7, 11) is 0. The van der Waals surface area contributed by atoms with Crippen molar-refractivity contribution in [3.63, 3.8) is 0 Å². The molecule has 6 heteroatoms. The minimum Gasteiger partial charge on any atom is -0.367 e. The van der Waals surface area contributed by atoms with Gasteiger partial charge in [0.1, 0.15) is 17.8 Å². The highest BCUT2D eigenvalue weighted by Gasteiger charge is 2.23. The number of hydrogen-bond acceptors (Lipinski definition) is 4. The summed E-state index contributed by atoms with van der Waals surface area (Å²) < 4.78 is 0. The molecule has 0 spiro atoms. The topological polar surface area (TPSA) is 73.9 Å². The Morgan fingerprint density at radius 1 is 1.41 bits per heavy atom. The lowest BCUT2D eigenvalue weighted by molar-refractivity contribution is -0.132. The van der Waals surface area contributed by atoms with Crippen LogP contribution in [0.1, 0.15) is 33.1 Å². The van der Waals surface area contributed by atoms with E-state index in [0.717, 1.165) is 42.8 Å². The van der Waals surface area contributed by atoms with Gasteiger partial charge >= 0.3 is 0 Å². The summed E-state index contributed by atoms with van der Waals surface area (Å²) in [6.45, 7) is 5.82. The molecular weight excluding hydrogens is 278 g/mol. The minimum atomic E-state index is 0.281. The number of fused-ring (bicyclic) bond motifs is 1. The Balaban J connectivity index is 1.58. The largest absolute Gasteiger partial charge is 0.367 e. The van der Waals surface area contributed by atoms with Gasteiger partial charge in [0.2, 0.25) is 5.91 Å². The zero-order chi connectivity index (χ0) is 15.5. The Bertz CT molecular complexity index is 643. The molecule has 1 aliphatic rings. The van der Waals surface area contributed by atoms with Gasteiger partial charge in [-0.2, -0.15) is 0 Å². The SMILES string of the molecule is CC(C)CC(=O)N1CCC(Nc2ncnc3[nH]ccc23)CC1. The number of anilines is 1. The van der Waals surface area contributed by atoms with Crippen LogP contribution < -0.4 is 5.32 Å². The summed E-state index contributed by atoms with van der Waals surface area (Å²) in [4.78, 5) is 25.7. The Hall–Kier alpha value is -2.11. The molecule has 0 saturated carbocycles. The second-order valence-electron chi connectivity index (χ2n) is 6.36. The Kier molecular flexibility index (Phi) is 4.27. The highest BCUT2D eigenvalue weighted by Crippen LogP contribution is 2.22. The van der Waals surface area contributed by atoms with E-state index in [1.807, 2.05) is 17.2 Å². The fraction of sp³-hybridized carbons (Fsp3) is 0.562. The predicted molar refractivity (Wildman–Crippen MR) is 86.6 cm³/mol. The lowest BCUT2D eigenvalue weighted by Gasteiger charge is -2.33. The molecule has 2 aromatic heterocycles. The van der Waals surface area contributed by atoms with E-state index in [9.17, 15) is 4.79 Å². The molecular formula is C16H23N5O. The van der Waals surface area contributed by atoms with Crippen LogP contribution in [0.25, 0.3) is 11.0 Å². The molecule has 3 rings (SSSR count). The van der Waals surface area contributed by atoms with Crippen LogP contribution in [0.3, 0.4) is 0 Å². The number of carbonyl (C=O) groups excluding carboxylic acids is 1. The van der Waals surface area contributed by atoms with Gasteiger partial charge in [-0.3, -0.25) is 4.79 Å². The Morgan fingerprint density at radius 2 is 2.18 bits per heavy atom. The van der Waals surface area contributed by atoms with Crippen LogP contribution in [0.5, 0.6) is 0 Å². The van der Waals surface area contributed by atoms with Gasteiger partial charge in [0.25, 0.3) is 0 Å². The van der Waals surface area contributed by atoms with E-state index in [0.29, 0.717) is 18.4 Å². The molecule has 0 bridgehead atoms. The van der Waals surface area contributed by atoms with Gasteiger partial charge in [-0.15, -0.1) is 0 Å². The van der Waals surface area contributed by atoms with Crippen molar-refractivity contribution < 1.29 is 4.79 Å². The van der Waals surface area contributed by atoms with Crippen LogP contribution >= 0.6 is 0 Å². The van der Waals surface area contributed by atoms with Crippen LogP contribution in [0.15, 0.2) is 18.6 Å². The maximum Gasteiger partial charge on any atom is 0.222 e. The first-order chi connectivity index (χ1) is 10.6. The molecule has 1 saturated heterocycles. The number of hydrogen-bond donors (Lipinski definition) is 2. The molecule has 1 fully saturated rings. The van der Waals surface area contributed by atoms with Gasteiger partial charge in [0.15, 0.2) is 0 Å². The van der Waals surface area contributed by atoms with Gasteiger partial charge in [-0.1, -0.05) is 13.8 Å². The van der Waals surface area contributed by atoms with E-state index >= 15 is 0 Å². The van der Waals surface area contributed by atoms with Crippen molar-refractivity contribution in [2.24, 2.45) is 5.92 Å². The van der Waals surface area contributed by atoms with Crippen LogP contribution in [-0.2, 0) is 4.79 Å². The predicted octanol–water partition coefficient (Wildman–Crippen LogP) is 2.41. The lowest BCUT2D eigenvalue weighted by Crippen LogP contribution is -2.42. The minimum absolute atomic E-state index is 0.281. The van der Waals surface area contributed by atoms with E-state index in [1.54, 1.807) is 6.33 Å². The van der Waals surface area contributed by atoms with Crippen LogP contribution in [0, 0.1) is 5.92 Å². The van der Waals surface area contributed by atoms with Crippen molar-refractivity contribution in [3.8, 4) is 0 Å². The zero-order valence-electron chi connectivity index (χ0n) is 13.2. The molecule has 1 amide bonds.